The summed E-state index contributed by atoms with van der Waals surface area (Å²) in [6.45, 7) is 0. The summed E-state index contributed by atoms with van der Waals surface area (Å²) in [7, 11) is 0. The van der Waals surface area contributed by atoms with Crippen molar-refractivity contribution < 1.29 is 27.9 Å². The summed E-state index contributed by atoms with van der Waals surface area (Å²) in [5, 5.41) is 20.5. The summed E-state index contributed by atoms with van der Waals surface area (Å²) in [5.74, 6) is -0.671. The largest absolute Gasteiger partial charge is 0.573 e. The zero-order valence-corrected chi connectivity index (χ0v) is 11.4. The fourth-order valence-corrected chi connectivity index (χ4v) is 1.96. The second-order valence-corrected chi connectivity index (χ2v) is 4.59. The summed E-state index contributed by atoms with van der Waals surface area (Å²) < 4.78 is 40.0. The molecule has 0 aliphatic carbocycles. The lowest BCUT2D eigenvalue weighted by Crippen LogP contribution is -2.17. The lowest BCUT2D eigenvalue weighted by atomic mass is 9.98. The van der Waals surface area contributed by atoms with Crippen molar-refractivity contribution in [2.24, 2.45) is 5.73 Å². The molecule has 9 heteroatoms. The number of nitrogens with zero attached hydrogens (tertiary/aromatic N) is 1. The van der Waals surface area contributed by atoms with Gasteiger partial charge in [-0.3, -0.25) is 10.1 Å². The van der Waals surface area contributed by atoms with Crippen molar-refractivity contribution in [3.63, 3.8) is 0 Å². The normalized spacial score (nSPS) is 12.7. The number of nitro benzene ring substituents is 1. The van der Waals surface area contributed by atoms with Gasteiger partial charge in [-0.15, -0.1) is 13.2 Å². The van der Waals surface area contributed by atoms with Crippen LogP contribution in [0.4, 0.5) is 18.9 Å². The average molecular weight is 328 g/mol. The van der Waals surface area contributed by atoms with Gasteiger partial charge < -0.3 is 15.6 Å². The third kappa shape index (κ3) is 4.10. The van der Waals surface area contributed by atoms with Crippen LogP contribution in [0.1, 0.15) is 17.2 Å². The van der Waals surface area contributed by atoms with Gasteiger partial charge in [-0.05, 0) is 23.8 Å². The Hall–Kier alpha value is -2.81. The van der Waals surface area contributed by atoms with E-state index in [0.29, 0.717) is 5.56 Å². The van der Waals surface area contributed by atoms with Crippen LogP contribution < -0.4 is 10.5 Å². The fraction of sp³-hybridized carbons (Fsp3) is 0.143. The molecule has 1 atom stereocenters. The number of halogens is 3. The number of nitro groups is 1. The zero-order chi connectivity index (χ0) is 17.2. The molecule has 0 unspecified atom stereocenters. The van der Waals surface area contributed by atoms with E-state index in [1.165, 1.54) is 12.1 Å². The van der Waals surface area contributed by atoms with Crippen molar-refractivity contribution in [1.29, 1.82) is 0 Å². The molecule has 3 N–H and O–H groups in total. The molecule has 0 aliphatic rings. The van der Waals surface area contributed by atoms with Gasteiger partial charge in [-0.2, -0.15) is 0 Å². The highest BCUT2D eigenvalue weighted by Crippen LogP contribution is 2.32. The minimum Gasteiger partial charge on any atom is -0.508 e. The van der Waals surface area contributed by atoms with Gasteiger partial charge in [-0.25, -0.2) is 0 Å². The number of alkyl halides is 3. The second-order valence-electron chi connectivity index (χ2n) is 4.59. The van der Waals surface area contributed by atoms with E-state index in [9.17, 15) is 28.4 Å². The smallest absolute Gasteiger partial charge is 0.508 e. The van der Waals surface area contributed by atoms with E-state index in [0.717, 1.165) is 30.3 Å². The molecule has 0 heterocycles. The van der Waals surface area contributed by atoms with Gasteiger partial charge >= 0.3 is 6.36 Å². The average Bonchev–Trinajstić information content (AvgIpc) is 2.46. The van der Waals surface area contributed by atoms with Crippen LogP contribution in [-0.2, 0) is 0 Å². The predicted octanol–water partition coefficient (Wildman–Crippen LogP) is 3.25. The van der Waals surface area contributed by atoms with Crippen molar-refractivity contribution in [2.75, 3.05) is 0 Å². The molecule has 122 valence electrons. The Bertz CT molecular complexity index is 717. The number of ether oxygens (including phenoxy) is 1. The molecule has 23 heavy (non-hydrogen) atoms. The van der Waals surface area contributed by atoms with Gasteiger partial charge in [0.15, 0.2) is 0 Å². The van der Waals surface area contributed by atoms with E-state index in [-0.39, 0.29) is 17.0 Å². The van der Waals surface area contributed by atoms with E-state index < -0.39 is 23.1 Å². The highest BCUT2D eigenvalue weighted by atomic mass is 19.4. The molecule has 0 fully saturated rings. The molecule has 2 aromatic rings. The Kier molecular flexibility index (Phi) is 4.41. The first-order valence-corrected chi connectivity index (χ1v) is 6.26. The maximum absolute atomic E-state index is 12.1. The van der Waals surface area contributed by atoms with Gasteiger partial charge in [0, 0.05) is 17.7 Å². The van der Waals surface area contributed by atoms with Gasteiger partial charge in [0.2, 0.25) is 0 Å². The Morgan fingerprint density at radius 3 is 2.30 bits per heavy atom. The van der Waals surface area contributed by atoms with Crippen LogP contribution in [0.15, 0.2) is 42.5 Å². The van der Waals surface area contributed by atoms with E-state index in [1.807, 2.05) is 0 Å². The first kappa shape index (κ1) is 16.6. The van der Waals surface area contributed by atoms with Crippen LogP contribution in [0, 0.1) is 10.1 Å². The van der Waals surface area contributed by atoms with E-state index >= 15 is 0 Å². The molecule has 6 nitrogen and oxygen atoms in total. The van der Waals surface area contributed by atoms with Gasteiger partial charge in [0.1, 0.15) is 11.5 Å². The summed E-state index contributed by atoms with van der Waals surface area (Å²) in [6, 6.07) is 7.11. The molecule has 0 amide bonds. The van der Waals surface area contributed by atoms with Crippen molar-refractivity contribution in [3.8, 4) is 11.5 Å². The van der Waals surface area contributed by atoms with Crippen LogP contribution in [-0.4, -0.2) is 16.4 Å². The van der Waals surface area contributed by atoms with Crippen LogP contribution in [0.2, 0.25) is 0 Å². The minimum atomic E-state index is -4.80. The van der Waals surface area contributed by atoms with E-state index in [4.69, 9.17) is 5.73 Å². The number of hydrogen-bond donors (Lipinski definition) is 2. The molecule has 0 radical (unpaired) electrons. The number of nitrogens with two attached hydrogens (primary N) is 1. The molecule has 0 spiro atoms. The summed E-state index contributed by atoms with van der Waals surface area (Å²) in [5.41, 5.74) is 6.10. The zero-order valence-electron chi connectivity index (χ0n) is 11.4. The van der Waals surface area contributed by atoms with Crippen molar-refractivity contribution in [1.82, 2.24) is 0 Å². The molecule has 2 aromatic carbocycles. The molecule has 0 bridgehead atoms. The van der Waals surface area contributed by atoms with Crippen LogP contribution in [0.5, 0.6) is 11.5 Å². The summed E-state index contributed by atoms with van der Waals surface area (Å²) >= 11 is 0. The quantitative estimate of drug-likeness (QED) is 0.663. The maximum atomic E-state index is 12.1. The van der Waals surface area contributed by atoms with Gasteiger partial charge in [0.05, 0.1) is 11.0 Å². The number of hydrogen-bond acceptors (Lipinski definition) is 5. The number of benzene rings is 2. The SMILES string of the molecule is N[C@H](c1ccc(OC(F)(F)F)cc1)c1cc([N+](=O)[O-])ccc1O. The Morgan fingerprint density at radius 1 is 1.17 bits per heavy atom. The molecular formula is C14H11F3N2O4. The molecule has 2 rings (SSSR count). The summed E-state index contributed by atoms with van der Waals surface area (Å²) in [6.07, 6.45) is -4.80. The van der Waals surface area contributed by atoms with Gasteiger partial charge in [-0.1, -0.05) is 12.1 Å². The van der Waals surface area contributed by atoms with Crippen molar-refractivity contribution in [2.45, 2.75) is 12.4 Å². The molecule has 0 saturated carbocycles. The molecule has 0 aromatic heterocycles. The minimum absolute atomic E-state index is 0.0867. The number of rotatable bonds is 4. The van der Waals surface area contributed by atoms with Crippen LogP contribution in [0.25, 0.3) is 0 Å². The molecule has 0 saturated heterocycles. The molecular weight excluding hydrogens is 317 g/mol. The maximum Gasteiger partial charge on any atom is 0.573 e. The fourth-order valence-electron chi connectivity index (χ4n) is 1.96. The Morgan fingerprint density at radius 2 is 1.78 bits per heavy atom. The number of phenolic OH excluding ortho intramolecular Hbond substituents is 1. The van der Waals surface area contributed by atoms with Crippen molar-refractivity contribution >= 4 is 5.69 Å². The third-order valence-electron chi connectivity index (χ3n) is 3.03. The number of non-ortho nitro benzene ring substituents is 1. The highest BCUT2D eigenvalue weighted by Gasteiger charge is 2.31. The first-order chi connectivity index (χ1) is 10.7. The van der Waals surface area contributed by atoms with E-state index in [2.05, 4.69) is 4.74 Å². The Balaban J connectivity index is 2.28. The van der Waals surface area contributed by atoms with Gasteiger partial charge in [0.25, 0.3) is 5.69 Å². The lowest BCUT2D eigenvalue weighted by Gasteiger charge is -2.15. The highest BCUT2D eigenvalue weighted by molar-refractivity contribution is 5.48. The third-order valence-corrected chi connectivity index (χ3v) is 3.03. The predicted molar refractivity (Wildman–Crippen MR) is 73.9 cm³/mol. The second kappa shape index (κ2) is 6.13. The monoisotopic (exact) mass is 328 g/mol. The summed E-state index contributed by atoms with van der Waals surface area (Å²) in [4.78, 5) is 10.1. The number of phenols is 1. The lowest BCUT2D eigenvalue weighted by molar-refractivity contribution is -0.385. The topological polar surface area (TPSA) is 98.6 Å². The molecule has 0 aliphatic heterocycles. The van der Waals surface area contributed by atoms with Crippen LogP contribution >= 0.6 is 0 Å². The Labute approximate surface area is 128 Å². The number of aromatic hydroxyl groups is 1. The first-order valence-electron chi connectivity index (χ1n) is 6.26. The standard InChI is InChI=1S/C14H11F3N2O4/c15-14(16,17)23-10-4-1-8(2-5-10)13(18)11-7-9(19(21)22)3-6-12(11)20/h1-7,13,20H,18H2/t13-/m1/s1. The van der Waals surface area contributed by atoms with Crippen LogP contribution in [0.3, 0.4) is 0 Å². The van der Waals surface area contributed by atoms with Crippen molar-refractivity contribution in [3.05, 3.63) is 63.7 Å². The van der Waals surface area contributed by atoms with E-state index in [1.54, 1.807) is 0 Å².